The van der Waals surface area contributed by atoms with E-state index in [0.717, 1.165) is 35.2 Å². The Kier molecular flexibility index (Phi) is 3.22. The molecule has 0 amide bonds. The van der Waals surface area contributed by atoms with E-state index in [2.05, 4.69) is 5.10 Å². The highest BCUT2D eigenvalue weighted by atomic mass is 35.5. The molecule has 0 bridgehead atoms. The van der Waals surface area contributed by atoms with Crippen molar-refractivity contribution in [2.75, 3.05) is 0 Å². The topological polar surface area (TPSA) is 34.9 Å². The molecule has 4 heteroatoms. The van der Waals surface area contributed by atoms with Crippen LogP contribution in [0.4, 0.5) is 0 Å². The standard InChI is InChI=1S/C16H15ClN2O/c1-10-8-13-14(15(17)12(10)9-20)16(19(2)18-13)11-6-4-3-5-7-11/h3-7,9-10H,8H2,1-2H3/t10-/m1/s1. The summed E-state index contributed by atoms with van der Waals surface area (Å²) in [5, 5.41) is 5.12. The zero-order valence-corrected chi connectivity index (χ0v) is 12.2. The minimum Gasteiger partial charge on any atom is -0.298 e. The number of halogens is 1. The van der Waals surface area contributed by atoms with E-state index in [9.17, 15) is 4.79 Å². The lowest BCUT2D eigenvalue weighted by molar-refractivity contribution is -0.105. The Hall–Kier alpha value is -1.87. The molecule has 0 fully saturated rings. The van der Waals surface area contributed by atoms with E-state index in [1.165, 1.54) is 0 Å². The lowest BCUT2D eigenvalue weighted by atomic mass is 9.87. The zero-order valence-electron chi connectivity index (χ0n) is 11.4. The van der Waals surface area contributed by atoms with Gasteiger partial charge in [0.1, 0.15) is 6.29 Å². The summed E-state index contributed by atoms with van der Waals surface area (Å²) in [5.41, 5.74) is 4.57. The van der Waals surface area contributed by atoms with Crippen molar-refractivity contribution < 1.29 is 4.79 Å². The minimum atomic E-state index is 0.117. The van der Waals surface area contributed by atoms with Crippen LogP contribution in [0.3, 0.4) is 0 Å². The molecule has 20 heavy (non-hydrogen) atoms. The van der Waals surface area contributed by atoms with Gasteiger partial charge in [-0.3, -0.25) is 9.48 Å². The highest BCUT2D eigenvalue weighted by Crippen LogP contribution is 2.41. The summed E-state index contributed by atoms with van der Waals surface area (Å²) in [7, 11) is 1.91. The predicted molar refractivity (Wildman–Crippen MR) is 80.3 cm³/mol. The van der Waals surface area contributed by atoms with Gasteiger partial charge in [-0.15, -0.1) is 0 Å². The molecule has 0 spiro atoms. The lowest BCUT2D eigenvalue weighted by Gasteiger charge is -2.19. The minimum absolute atomic E-state index is 0.117. The van der Waals surface area contributed by atoms with Gasteiger partial charge in [-0.2, -0.15) is 5.10 Å². The molecule has 0 aliphatic heterocycles. The molecule has 0 radical (unpaired) electrons. The van der Waals surface area contributed by atoms with Gasteiger partial charge in [0.2, 0.25) is 0 Å². The predicted octanol–water partition coefficient (Wildman–Crippen LogP) is 3.43. The molecule has 102 valence electrons. The van der Waals surface area contributed by atoms with E-state index < -0.39 is 0 Å². The third kappa shape index (κ3) is 1.90. The molecular formula is C16H15ClN2O. The van der Waals surface area contributed by atoms with Crippen molar-refractivity contribution >= 4 is 22.9 Å². The molecule has 0 N–H and O–H groups in total. The van der Waals surface area contributed by atoms with E-state index >= 15 is 0 Å². The molecule has 1 aromatic heterocycles. The van der Waals surface area contributed by atoms with Crippen molar-refractivity contribution in [3.05, 3.63) is 47.2 Å². The van der Waals surface area contributed by atoms with Crippen molar-refractivity contribution in [1.29, 1.82) is 0 Å². The maximum absolute atomic E-state index is 11.3. The molecule has 1 aliphatic rings. The van der Waals surface area contributed by atoms with Crippen LogP contribution >= 0.6 is 11.6 Å². The Morgan fingerprint density at radius 1 is 1.35 bits per heavy atom. The molecule has 2 aromatic rings. The summed E-state index contributed by atoms with van der Waals surface area (Å²) in [6, 6.07) is 10.00. The number of carbonyl (C=O) groups is 1. The molecule has 0 unspecified atom stereocenters. The first-order chi connectivity index (χ1) is 9.63. The van der Waals surface area contributed by atoms with Crippen LogP contribution in [0.15, 0.2) is 35.9 Å². The molecule has 1 heterocycles. The molecule has 1 aromatic carbocycles. The lowest BCUT2D eigenvalue weighted by Crippen LogP contribution is -2.13. The van der Waals surface area contributed by atoms with Crippen LogP contribution in [0.2, 0.25) is 0 Å². The number of hydrogen-bond acceptors (Lipinski definition) is 2. The Bertz CT molecular complexity index is 701. The molecule has 3 rings (SSSR count). The van der Waals surface area contributed by atoms with Crippen molar-refractivity contribution in [3.63, 3.8) is 0 Å². The van der Waals surface area contributed by atoms with Crippen LogP contribution in [-0.2, 0) is 18.3 Å². The van der Waals surface area contributed by atoms with Crippen molar-refractivity contribution in [3.8, 4) is 11.3 Å². The summed E-state index contributed by atoms with van der Waals surface area (Å²) < 4.78 is 1.85. The first-order valence-electron chi connectivity index (χ1n) is 6.60. The summed E-state index contributed by atoms with van der Waals surface area (Å²) in [4.78, 5) is 11.3. The van der Waals surface area contributed by atoms with E-state index in [0.29, 0.717) is 10.6 Å². The van der Waals surface area contributed by atoms with E-state index in [1.807, 2.05) is 49.0 Å². The summed E-state index contributed by atoms with van der Waals surface area (Å²) in [6.07, 6.45) is 1.62. The molecule has 0 saturated carbocycles. The Morgan fingerprint density at radius 3 is 2.70 bits per heavy atom. The normalized spacial score (nSPS) is 18.1. The largest absolute Gasteiger partial charge is 0.298 e. The van der Waals surface area contributed by atoms with E-state index in [1.54, 1.807) is 0 Å². The molecule has 1 aliphatic carbocycles. The maximum atomic E-state index is 11.3. The monoisotopic (exact) mass is 286 g/mol. The van der Waals surface area contributed by atoms with Gasteiger partial charge in [-0.05, 0) is 12.3 Å². The van der Waals surface area contributed by atoms with Gasteiger partial charge in [0.25, 0.3) is 0 Å². The number of fused-ring (bicyclic) bond motifs is 1. The second kappa shape index (κ2) is 4.91. The Labute approximate surface area is 122 Å². The Morgan fingerprint density at radius 2 is 2.05 bits per heavy atom. The number of nitrogens with zero attached hydrogens (tertiary/aromatic N) is 2. The van der Waals surface area contributed by atoms with Gasteiger partial charge in [0.15, 0.2) is 0 Å². The smallest absolute Gasteiger partial charge is 0.147 e. The van der Waals surface area contributed by atoms with Gasteiger partial charge in [0, 0.05) is 23.7 Å². The summed E-state index contributed by atoms with van der Waals surface area (Å²) in [5.74, 6) is 0.117. The highest BCUT2D eigenvalue weighted by molar-refractivity contribution is 6.51. The average molecular weight is 287 g/mol. The van der Waals surface area contributed by atoms with Gasteiger partial charge in [0.05, 0.1) is 16.4 Å². The number of rotatable bonds is 2. The third-order valence-corrected chi connectivity index (χ3v) is 4.20. The van der Waals surface area contributed by atoms with Gasteiger partial charge in [-0.1, -0.05) is 48.9 Å². The van der Waals surface area contributed by atoms with Crippen molar-refractivity contribution in [2.24, 2.45) is 13.0 Å². The molecular weight excluding hydrogens is 272 g/mol. The Balaban J connectivity index is 2.28. The first kappa shape index (κ1) is 13.1. The van der Waals surface area contributed by atoms with Crippen LogP contribution in [-0.4, -0.2) is 16.1 Å². The number of carbonyl (C=O) groups excluding carboxylic acids is 1. The number of hydrogen-bond donors (Lipinski definition) is 0. The number of benzene rings is 1. The van der Waals surface area contributed by atoms with E-state index in [4.69, 9.17) is 11.6 Å². The van der Waals surface area contributed by atoms with Crippen molar-refractivity contribution in [2.45, 2.75) is 13.3 Å². The summed E-state index contributed by atoms with van der Waals surface area (Å²) >= 11 is 6.47. The average Bonchev–Trinajstić information content (AvgIpc) is 2.76. The number of allylic oxidation sites excluding steroid dienone is 1. The van der Waals surface area contributed by atoms with Crippen LogP contribution in [0.5, 0.6) is 0 Å². The molecule has 1 atom stereocenters. The molecule has 0 saturated heterocycles. The second-order valence-corrected chi connectivity index (χ2v) is 5.53. The molecule has 3 nitrogen and oxygen atoms in total. The van der Waals surface area contributed by atoms with Crippen molar-refractivity contribution in [1.82, 2.24) is 9.78 Å². The fourth-order valence-corrected chi connectivity index (χ4v) is 3.24. The number of aryl methyl sites for hydroxylation is 1. The number of aromatic nitrogens is 2. The van der Waals surface area contributed by atoms with Gasteiger partial charge >= 0.3 is 0 Å². The van der Waals surface area contributed by atoms with Crippen LogP contribution in [0.1, 0.15) is 18.2 Å². The fraction of sp³-hybridized carbons (Fsp3) is 0.250. The summed E-state index contributed by atoms with van der Waals surface area (Å²) in [6.45, 7) is 2.01. The van der Waals surface area contributed by atoms with Gasteiger partial charge in [-0.25, -0.2) is 0 Å². The van der Waals surface area contributed by atoms with E-state index in [-0.39, 0.29) is 5.92 Å². The highest BCUT2D eigenvalue weighted by Gasteiger charge is 2.29. The number of aldehydes is 1. The fourth-order valence-electron chi connectivity index (χ4n) is 2.81. The van der Waals surface area contributed by atoms with Crippen LogP contribution in [0.25, 0.3) is 16.3 Å². The second-order valence-electron chi connectivity index (χ2n) is 5.15. The van der Waals surface area contributed by atoms with Crippen LogP contribution in [0, 0.1) is 5.92 Å². The first-order valence-corrected chi connectivity index (χ1v) is 6.97. The SMILES string of the molecule is C[C@@H]1Cc2nn(C)c(-c3ccccc3)c2C(Cl)=C1C=O. The third-order valence-electron chi connectivity index (χ3n) is 3.80. The van der Waals surface area contributed by atoms with Crippen LogP contribution < -0.4 is 0 Å². The van der Waals surface area contributed by atoms with Gasteiger partial charge < -0.3 is 0 Å². The zero-order chi connectivity index (χ0) is 14.3. The maximum Gasteiger partial charge on any atom is 0.147 e. The quantitative estimate of drug-likeness (QED) is 0.793.